The number of ketones is 1. The summed E-state index contributed by atoms with van der Waals surface area (Å²) >= 11 is 0. The van der Waals surface area contributed by atoms with Crippen molar-refractivity contribution in [2.75, 3.05) is 13.1 Å². The molecule has 0 bridgehead atoms. The molecule has 494 valence electrons. The minimum Gasteiger partial charge on any atom is -0.508 e. The van der Waals surface area contributed by atoms with Crippen molar-refractivity contribution >= 4 is 70.8 Å². The van der Waals surface area contributed by atoms with Crippen molar-refractivity contribution in [3.63, 3.8) is 0 Å². The van der Waals surface area contributed by atoms with Crippen molar-refractivity contribution in [3.8, 4) is 5.75 Å². The number of hydrogen-bond donors (Lipinski definition) is 12. The van der Waals surface area contributed by atoms with Crippen LogP contribution in [0.15, 0.2) is 115 Å². The van der Waals surface area contributed by atoms with E-state index < -0.39 is 163 Å². The Kier molecular flexibility index (Phi) is 27.4. The van der Waals surface area contributed by atoms with Crippen LogP contribution in [0.5, 0.6) is 5.75 Å². The van der Waals surface area contributed by atoms with Crippen LogP contribution in [-0.2, 0) is 83.2 Å². The Morgan fingerprint density at radius 1 is 0.522 bits per heavy atom. The van der Waals surface area contributed by atoms with Crippen LogP contribution in [0.4, 0.5) is 0 Å². The number of carbonyl (C=O) groups excluding carboxylic acids is 11. The van der Waals surface area contributed by atoms with E-state index in [-0.39, 0.29) is 76.1 Å². The topological polar surface area (TPSA) is 397 Å². The molecule has 2 heterocycles. The molecule has 2 fully saturated rings. The fourth-order valence-corrected chi connectivity index (χ4v) is 11.3. The summed E-state index contributed by atoms with van der Waals surface area (Å²) in [5, 5.41) is 41.4. The predicted octanol–water partition coefficient (Wildman–Crippen LogP) is 1.30. The van der Waals surface area contributed by atoms with Crippen molar-refractivity contribution < 1.29 is 67.7 Å². The van der Waals surface area contributed by atoms with Gasteiger partial charge in [-0.15, -0.1) is 0 Å². The molecule has 25 nitrogen and oxygen atoms in total. The Bertz CT molecular complexity index is 3210. The minimum absolute atomic E-state index is 0.0211. The fraction of sp³-hybridized carbons (Fsp3) is 0.463. The van der Waals surface area contributed by atoms with Crippen molar-refractivity contribution in [2.45, 2.75) is 166 Å². The number of aromatic hydroxyl groups is 1. The number of fused-ring (bicyclic) bond motifs is 1. The summed E-state index contributed by atoms with van der Waals surface area (Å²) in [6.45, 7) is 7.16. The number of nitrogens with one attached hydrogen (secondary N) is 8. The van der Waals surface area contributed by atoms with E-state index in [1.165, 1.54) is 29.2 Å². The third-order valence-electron chi connectivity index (χ3n) is 16.1. The number of Topliss-reactive ketones (excluding diaryl/α,β-unsaturated/α-hetero) is 1. The monoisotopic (exact) mass is 1270 g/mol. The highest BCUT2D eigenvalue weighted by Crippen LogP contribution is 2.24. The van der Waals surface area contributed by atoms with Gasteiger partial charge in [0.05, 0.1) is 12.5 Å². The van der Waals surface area contributed by atoms with Gasteiger partial charge < -0.3 is 69.1 Å². The van der Waals surface area contributed by atoms with Crippen molar-refractivity contribution in [1.82, 2.24) is 47.4 Å². The minimum atomic E-state index is -1.88. The summed E-state index contributed by atoms with van der Waals surface area (Å²) in [6.07, 6.45) is -2.31. The molecule has 10 amide bonds. The number of phenols is 1. The number of carbonyl (C=O) groups is 12. The van der Waals surface area contributed by atoms with Gasteiger partial charge in [-0.25, -0.2) is 0 Å². The second-order valence-corrected chi connectivity index (χ2v) is 24.3. The SMILES string of the molecule is CC(C)CC1CC(=O)C(CCCN)NC(=O)C(C(C)C)NC(=O)C(Cc2ccc(O)cc2)NC(=O)C(CCC(=O)O)NC(=O)C(CC(N)=O)NC(=O)C(Cc2ccccc2)NC(=O)C(Cc2ccccc2)NC(=O)C2CCCN2C(=O)C(Cc2ccccc2)NC1=O. The van der Waals surface area contributed by atoms with Gasteiger partial charge in [-0.05, 0) is 91.3 Å². The number of nitrogens with two attached hydrogens (primary N) is 2. The first-order valence-electron chi connectivity index (χ1n) is 31.2. The average Bonchev–Trinajstić information content (AvgIpc) is 1.56. The third-order valence-corrected chi connectivity index (χ3v) is 16.1. The van der Waals surface area contributed by atoms with Gasteiger partial charge in [0.1, 0.15) is 54.1 Å². The highest BCUT2D eigenvalue weighted by Gasteiger charge is 2.42. The molecule has 2 aliphatic rings. The van der Waals surface area contributed by atoms with E-state index in [0.29, 0.717) is 28.7 Å². The van der Waals surface area contributed by atoms with Crippen LogP contribution in [-0.4, -0.2) is 153 Å². The maximum absolute atomic E-state index is 15.1. The lowest BCUT2D eigenvalue weighted by Crippen LogP contribution is -2.61. The molecule has 2 aliphatic heterocycles. The number of nitrogens with zero attached hydrogens (tertiary/aromatic N) is 1. The van der Waals surface area contributed by atoms with E-state index in [1.54, 1.807) is 105 Å². The van der Waals surface area contributed by atoms with E-state index in [0.717, 1.165) is 0 Å². The van der Waals surface area contributed by atoms with Crippen molar-refractivity contribution in [2.24, 2.45) is 29.2 Å². The Morgan fingerprint density at radius 2 is 0.957 bits per heavy atom. The second kappa shape index (κ2) is 35.2. The van der Waals surface area contributed by atoms with Crippen LogP contribution in [0.3, 0.4) is 0 Å². The van der Waals surface area contributed by atoms with Crippen molar-refractivity contribution in [3.05, 3.63) is 138 Å². The number of primary amides is 1. The van der Waals surface area contributed by atoms with Gasteiger partial charge in [-0.2, -0.15) is 0 Å². The highest BCUT2D eigenvalue weighted by atomic mass is 16.4. The summed E-state index contributed by atoms with van der Waals surface area (Å²) in [5.74, 6) is -13.0. The molecule has 10 atom stereocenters. The first-order valence-corrected chi connectivity index (χ1v) is 31.2. The molecule has 4 aromatic carbocycles. The largest absolute Gasteiger partial charge is 0.508 e. The molecule has 2 saturated heterocycles. The average molecular weight is 1270 g/mol. The fourth-order valence-electron chi connectivity index (χ4n) is 11.3. The van der Waals surface area contributed by atoms with Crippen LogP contribution in [0.1, 0.15) is 108 Å². The van der Waals surface area contributed by atoms with Crippen LogP contribution in [0, 0.1) is 17.8 Å². The number of carboxylic acid groups (broad SMARTS) is 1. The Hall–Kier alpha value is -9.52. The second-order valence-electron chi connectivity index (χ2n) is 24.3. The van der Waals surface area contributed by atoms with Crippen LogP contribution in [0.2, 0.25) is 0 Å². The lowest BCUT2D eigenvalue weighted by atomic mass is 9.88. The third kappa shape index (κ3) is 22.2. The number of aliphatic carboxylic acids is 1. The van der Waals surface area contributed by atoms with Gasteiger partial charge in [0.25, 0.3) is 0 Å². The highest BCUT2D eigenvalue weighted by molar-refractivity contribution is 6.00. The molecule has 0 saturated carbocycles. The number of carboxylic acids is 1. The normalized spacial score (nSPS) is 24.0. The summed E-state index contributed by atoms with van der Waals surface area (Å²) in [7, 11) is 0. The Morgan fingerprint density at radius 3 is 1.45 bits per heavy atom. The molecule has 6 rings (SSSR count). The standard InChI is InChI=1S/C67H87N11O14/c1-39(2)32-45-37-55(80)47(22-14-30-68)70-66(91)58(40(3)4)77-64(89)51(35-44-24-26-46(79)27-25-44)72-60(85)48(28-29-57(82)83)71-63(88)52(38-56(69)81)74-61(86)49(33-41-16-8-5-9-17-41)73-62(87)50(34-42-18-10-6-11-19-42)75-65(90)54-23-15-31-78(54)67(92)53(76-59(45)84)36-43-20-12-7-13-21-43/h5-13,16-21,24-27,39-40,45,47-54,58,79H,14-15,22-23,28-38,68H2,1-4H3,(H2,69,81)(H,70,91)(H,71,88)(H,72,85)(H,73,87)(H,74,86)(H,75,90)(H,76,84)(H,77,89)(H,82,83). The molecule has 0 aliphatic carbocycles. The maximum Gasteiger partial charge on any atom is 0.303 e. The molecule has 92 heavy (non-hydrogen) atoms. The van der Waals surface area contributed by atoms with E-state index in [1.807, 2.05) is 13.8 Å². The van der Waals surface area contributed by atoms with Gasteiger partial charge in [0, 0.05) is 51.0 Å². The molecule has 0 spiro atoms. The van der Waals surface area contributed by atoms with E-state index in [2.05, 4.69) is 42.5 Å². The number of benzene rings is 4. The number of rotatable bonds is 19. The molecular formula is C67H87N11O14. The zero-order valence-corrected chi connectivity index (χ0v) is 52.4. The molecule has 25 heteroatoms. The zero-order valence-electron chi connectivity index (χ0n) is 52.4. The Labute approximate surface area is 535 Å². The first kappa shape index (κ1) is 71.6. The van der Waals surface area contributed by atoms with Gasteiger partial charge >= 0.3 is 5.97 Å². The van der Waals surface area contributed by atoms with Crippen LogP contribution < -0.4 is 54.0 Å². The van der Waals surface area contributed by atoms with Gasteiger partial charge in [0.15, 0.2) is 5.78 Å². The van der Waals surface area contributed by atoms with Crippen LogP contribution in [0.25, 0.3) is 0 Å². The quantitative estimate of drug-likeness (QED) is 0.0630. The summed E-state index contributed by atoms with van der Waals surface area (Å²) in [6, 6.07) is 18.2. The summed E-state index contributed by atoms with van der Waals surface area (Å²) in [4.78, 5) is 174. The number of phenolic OH excluding ortho intramolecular Hbond substituents is 1. The summed E-state index contributed by atoms with van der Waals surface area (Å²) < 4.78 is 0. The number of amides is 10. The van der Waals surface area contributed by atoms with Gasteiger partial charge in [-0.3, -0.25) is 57.5 Å². The summed E-state index contributed by atoms with van der Waals surface area (Å²) in [5.41, 5.74) is 13.8. The first-order chi connectivity index (χ1) is 43.9. The molecule has 14 N–H and O–H groups in total. The van der Waals surface area contributed by atoms with Crippen LogP contribution >= 0.6 is 0 Å². The van der Waals surface area contributed by atoms with Crippen molar-refractivity contribution in [1.29, 1.82) is 0 Å². The van der Waals surface area contributed by atoms with Gasteiger partial charge in [-0.1, -0.05) is 131 Å². The molecule has 0 radical (unpaired) electrons. The zero-order chi connectivity index (χ0) is 67.0. The smallest absolute Gasteiger partial charge is 0.303 e. The lowest BCUT2D eigenvalue weighted by Gasteiger charge is -2.31. The number of hydrogen-bond acceptors (Lipinski definition) is 14. The predicted molar refractivity (Wildman–Crippen MR) is 339 cm³/mol. The molecule has 10 unspecified atom stereocenters. The van der Waals surface area contributed by atoms with E-state index >= 15 is 4.79 Å². The molecular weight excluding hydrogens is 1180 g/mol. The van der Waals surface area contributed by atoms with Gasteiger partial charge in [0.2, 0.25) is 59.1 Å². The lowest BCUT2D eigenvalue weighted by molar-refractivity contribution is -0.143. The Balaban J connectivity index is 1.46. The van der Waals surface area contributed by atoms with E-state index in [9.17, 15) is 63.0 Å². The molecule has 4 aromatic rings. The maximum atomic E-state index is 15.1. The molecule has 0 aromatic heterocycles. The van der Waals surface area contributed by atoms with E-state index in [4.69, 9.17) is 11.5 Å².